The van der Waals surface area contributed by atoms with E-state index < -0.39 is 0 Å². The second-order valence-electron chi connectivity index (χ2n) is 3.16. The van der Waals surface area contributed by atoms with Crippen LogP contribution in [0.25, 0.3) is 11.4 Å². The van der Waals surface area contributed by atoms with E-state index in [1.54, 1.807) is 12.1 Å². The fourth-order valence-electron chi connectivity index (χ4n) is 1.33. The number of hydrogen-bond donors (Lipinski definition) is 1. The normalized spacial score (nSPS) is 10.4. The Morgan fingerprint density at radius 2 is 1.93 bits per heavy atom. The highest BCUT2D eigenvalue weighted by molar-refractivity contribution is 5.52. The molecule has 0 aliphatic rings. The molecule has 1 heterocycles. The predicted octanol–water partition coefficient (Wildman–Crippen LogP) is 1.33. The van der Waals surface area contributed by atoms with E-state index in [0.29, 0.717) is 10.3 Å². The molecule has 1 aromatic heterocycles. The Kier molecular flexibility index (Phi) is 1.89. The molecule has 14 heavy (non-hydrogen) atoms. The molecule has 0 atom stereocenters. The van der Waals surface area contributed by atoms with Crippen LogP contribution in [0.2, 0.25) is 0 Å². The number of hydrogen-bond acceptors (Lipinski definition) is 2. The summed E-state index contributed by atoms with van der Waals surface area (Å²) in [4.78, 5) is 0. The summed E-state index contributed by atoms with van der Waals surface area (Å²) in [6, 6.07) is 7.38. The molecule has 0 fully saturated rings. The van der Waals surface area contributed by atoms with Crippen LogP contribution >= 0.6 is 0 Å². The van der Waals surface area contributed by atoms with Crippen molar-refractivity contribution in [3.8, 4) is 11.4 Å². The topological polar surface area (TPSA) is 52.1 Å². The van der Waals surface area contributed by atoms with E-state index in [1.807, 2.05) is 19.1 Å². The summed E-state index contributed by atoms with van der Waals surface area (Å²) in [6.07, 6.45) is 2.57. The lowest BCUT2D eigenvalue weighted by Gasteiger charge is -2.02. The molecular formula is C10H10N2O2. The van der Waals surface area contributed by atoms with E-state index in [2.05, 4.69) is 0 Å². The Balaban J connectivity index is 2.54. The number of aryl methyl sites for hydroxylation is 1. The summed E-state index contributed by atoms with van der Waals surface area (Å²) >= 11 is 0. The molecule has 0 aliphatic carbocycles. The first kappa shape index (κ1) is 8.62. The van der Waals surface area contributed by atoms with Gasteiger partial charge >= 0.3 is 5.82 Å². The van der Waals surface area contributed by atoms with E-state index >= 15 is 0 Å². The van der Waals surface area contributed by atoms with E-state index in [0.717, 1.165) is 10.3 Å². The Morgan fingerprint density at radius 3 is 2.43 bits per heavy atom. The van der Waals surface area contributed by atoms with Gasteiger partial charge in [0.05, 0.1) is 5.56 Å². The molecule has 0 saturated heterocycles. The van der Waals surface area contributed by atoms with Crippen molar-refractivity contribution in [1.29, 1.82) is 0 Å². The third-order valence-corrected chi connectivity index (χ3v) is 2.08. The summed E-state index contributed by atoms with van der Waals surface area (Å²) in [6.45, 7) is 1.97. The quantitative estimate of drug-likeness (QED) is 0.419. The summed E-state index contributed by atoms with van der Waals surface area (Å²) in [7, 11) is 0. The summed E-state index contributed by atoms with van der Waals surface area (Å²) < 4.78 is 1.45. The van der Waals surface area contributed by atoms with Crippen LogP contribution in [-0.2, 0) is 0 Å². The summed E-state index contributed by atoms with van der Waals surface area (Å²) in [5, 5.41) is 20.6. The van der Waals surface area contributed by atoms with Crippen molar-refractivity contribution < 1.29 is 9.94 Å². The van der Waals surface area contributed by atoms with Gasteiger partial charge in [0.1, 0.15) is 6.20 Å². The van der Waals surface area contributed by atoms with Gasteiger partial charge in [0.15, 0.2) is 6.20 Å². The average Bonchev–Trinajstić information content (AvgIpc) is 2.49. The van der Waals surface area contributed by atoms with Crippen molar-refractivity contribution in [3.05, 3.63) is 47.4 Å². The molecule has 1 aromatic carbocycles. The first-order valence-corrected chi connectivity index (χ1v) is 4.25. The van der Waals surface area contributed by atoms with Crippen LogP contribution in [0.5, 0.6) is 0 Å². The molecule has 2 aromatic rings. The summed E-state index contributed by atoms with van der Waals surface area (Å²) in [5.41, 5.74) is 1.81. The number of aromatic nitrogens is 2. The number of imidazole rings is 1. The highest BCUT2D eigenvalue weighted by Crippen LogP contribution is 2.15. The van der Waals surface area contributed by atoms with Crippen LogP contribution in [0.15, 0.2) is 36.7 Å². The lowest BCUT2D eigenvalue weighted by Crippen LogP contribution is -2.26. The minimum atomic E-state index is 0.227. The number of rotatable bonds is 1. The van der Waals surface area contributed by atoms with Crippen LogP contribution in [0.4, 0.5) is 0 Å². The highest BCUT2D eigenvalue weighted by Gasteiger charge is 2.14. The Labute approximate surface area is 81.2 Å². The van der Waals surface area contributed by atoms with Gasteiger partial charge in [0, 0.05) is 0 Å². The minimum absolute atomic E-state index is 0.227. The molecule has 0 unspecified atom stereocenters. The summed E-state index contributed by atoms with van der Waals surface area (Å²) in [5.74, 6) is 0.227. The average molecular weight is 190 g/mol. The van der Waals surface area contributed by atoms with Crippen molar-refractivity contribution in [2.75, 3.05) is 0 Å². The second kappa shape index (κ2) is 3.06. The molecule has 0 amide bonds. The smallest absolute Gasteiger partial charge is 0.331 e. The highest BCUT2D eigenvalue weighted by atomic mass is 16.5. The van der Waals surface area contributed by atoms with Crippen LogP contribution in [0.3, 0.4) is 0 Å². The molecule has 0 saturated carbocycles. The van der Waals surface area contributed by atoms with Gasteiger partial charge in [0.2, 0.25) is 0 Å². The maximum atomic E-state index is 11.3. The van der Waals surface area contributed by atoms with Crippen molar-refractivity contribution >= 4 is 0 Å². The first-order valence-electron chi connectivity index (χ1n) is 4.25. The third kappa shape index (κ3) is 1.31. The van der Waals surface area contributed by atoms with Gasteiger partial charge in [-0.2, -0.15) is 0 Å². The van der Waals surface area contributed by atoms with Gasteiger partial charge in [-0.25, -0.2) is 4.73 Å². The van der Waals surface area contributed by atoms with E-state index in [-0.39, 0.29) is 5.82 Å². The van der Waals surface area contributed by atoms with Gasteiger partial charge in [-0.05, 0) is 23.8 Å². The van der Waals surface area contributed by atoms with Crippen molar-refractivity contribution in [2.24, 2.45) is 0 Å². The SMILES string of the molecule is Cc1ccc(-c2n(O)cc[n+]2[O-])cc1. The number of nitrogens with zero attached hydrogens (tertiary/aromatic N) is 2. The fourth-order valence-corrected chi connectivity index (χ4v) is 1.33. The van der Waals surface area contributed by atoms with E-state index in [4.69, 9.17) is 0 Å². The van der Waals surface area contributed by atoms with Gasteiger partial charge in [-0.1, -0.05) is 17.7 Å². The first-order chi connectivity index (χ1) is 6.68. The zero-order valence-electron chi connectivity index (χ0n) is 7.71. The van der Waals surface area contributed by atoms with Gasteiger partial charge < -0.3 is 10.4 Å². The third-order valence-electron chi connectivity index (χ3n) is 2.08. The zero-order chi connectivity index (χ0) is 10.1. The minimum Gasteiger partial charge on any atom is -0.710 e. The van der Waals surface area contributed by atoms with Gasteiger partial charge in [-0.3, -0.25) is 0 Å². The largest absolute Gasteiger partial charge is 0.710 e. The molecule has 72 valence electrons. The monoisotopic (exact) mass is 190 g/mol. The van der Waals surface area contributed by atoms with Crippen LogP contribution in [0, 0.1) is 12.1 Å². The van der Waals surface area contributed by atoms with Crippen molar-refractivity contribution in [3.63, 3.8) is 0 Å². The zero-order valence-corrected chi connectivity index (χ0v) is 7.71. The lowest BCUT2D eigenvalue weighted by molar-refractivity contribution is -0.594. The molecule has 0 aliphatic heterocycles. The van der Waals surface area contributed by atoms with Crippen LogP contribution < -0.4 is 4.73 Å². The molecule has 0 bridgehead atoms. The van der Waals surface area contributed by atoms with Gasteiger partial charge in [-0.15, -0.1) is 0 Å². The Hall–Kier alpha value is -1.97. The molecule has 0 radical (unpaired) electrons. The van der Waals surface area contributed by atoms with Crippen LogP contribution in [-0.4, -0.2) is 9.94 Å². The van der Waals surface area contributed by atoms with Crippen molar-refractivity contribution in [2.45, 2.75) is 6.92 Å². The molecule has 1 N–H and O–H groups in total. The Bertz CT molecular complexity index is 426. The van der Waals surface area contributed by atoms with Gasteiger partial charge in [0.25, 0.3) is 0 Å². The number of benzene rings is 1. The maximum absolute atomic E-state index is 11.3. The molecular weight excluding hydrogens is 180 g/mol. The fraction of sp³-hybridized carbons (Fsp3) is 0.100. The maximum Gasteiger partial charge on any atom is 0.331 e. The van der Waals surface area contributed by atoms with Crippen LogP contribution in [0.1, 0.15) is 5.56 Å². The Morgan fingerprint density at radius 1 is 1.29 bits per heavy atom. The molecule has 0 spiro atoms. The molecule has 4 nitrogen and oxygen atoms in total. The van der Waals surface area contributed by atoms with E-state index in [9.17, 15) is 10.4 Å². The second-order valence-corrected chi connectivity index (χ2v) is 3.16. The molecule has 2 rings (SSSR count). The predicted molar refractivity (Wildman–Crippen MR) is 50.7 cm³/mol. The standard InChI is InChI=1S/C10H10N2O2/c1-8-2-4-9(5-3-8)10-11(13)6-7-12(10)14/h2-7,13H,1H3. The van der Waals surface area contributed by atoms with E-state index in [1.165, 1.54) is 12.4 Å². The lowest BCUT2D eigenvalue weighted by atomic mass is 10.1. The van der Waals surface area contributed by atoms with Crippen molar-refractivity contribution in [1.82, 2.24) is 4.73 Å². The molecule has 4 heteroatoms.